The highest BCUT2D eigenvalue weighted by atomic mass is 16.5. The van der Waals surface area contributed by atoms with Crippen molar-refractivity contribution in [3.8, 4) is 28.4 Å². The summed E-state index contributed by atoms with van der Waals surface area (Å²) in [4.78, 5) is 42.3. The van der Waals surface area contributed by atoms with E-state index < -0.39 is 17.7 Å². The molecule has 2 aromatic rings. The number of fused-ring (bicyclic) bond motifs is 4. The van der Waals surface area contributed by atoms with Crippen molar-refractivity contribution in [1.29, 1.82) is 0 Å². The number of aryl methyl sites for hydroxylation is 1. The maximum Gasteiger partial charge on any atom is 0.245 e. The van der Waals surface area contributed by atoms with E-state index in [1.54, 1.807) is 33.5 Å². The van der Waals surface area contributed by atoms with Crippen LogP contribution < -0.4 is 30.3 Å². The number of aliphatic hydroxyl groups is 1. The topological polar surface area (TPSA) is 126 Å². The Labute approximate surface area is 271 Å². The average molecular weight is 636 g/mol. The van der Waals surface area contributed by atoms with Crippen molar-refractivity contribution >= 4 is 17.5 Å². The van der Waals surface area contributed by atoms with Gasteiger partial charge in [0.1, 0.15) is 6.04 Å². The highest BCUT2D eigenvalue weighted by Crippen LogP contribution is 2.50. The first-order valence-corrected chi connectivity index (χ1v) is 16.6. The third-order valence-electron chi connectivity index (χ3n) is 10.4. The van der Waals surface area contributed by atoms with E-state index >= 15 is 0 Å². The Kier molecular flexibility index (Phi) is 10.2. The van der Waals surface area contributed by atoms with Gasteiger partial charge in [-0.05, 0) is 72.9 Å². The van der Waals surface area contributed by atoms with E-state index in [9.17, 15) is 19.5 Å². The van der Waals surface area contributed by atoms with E-state index in [0.717, 1.165) is 48.8 Å². The molecule has 46 heavy (non-hydrogen) atoms. The number of carbonyl (C=O) groups excluding carboxylic acids is 2. The molecule has 3 aliphatic rings. The molecule has 1 heterocycles. The number of nitrogens with one attached hydrogen (secondary N) is 2. The fourth-order valence-corrected chi connectivity index (χ4v) is 7.65. The molecule has 250 valence electrons. The molecule has 2 fully saturated rings. The summed E-state index contributed by atoms with van der Waals surface area (Å²) in [5, 5.41) is 17.6. The maximum atomic E-state index is 14.1. The second kappa shape index (κ2) is 13.9. The second-order valence-electron chi connectivity index (χ2n) is 13.2. The fraction of sp³-hybridized carbons (Fsp3) is 0.583. The number of rotatable bonds is 9. The zero-order valence-corrected chi connectivity index (χ0v) is 28.0. The number of likely N-dealkylation sites (tertiary alicyclic amines) is 1. The molecule has 5 atom stereocenters. The van der Waals surface area contributed by atoms with E-state index in [-0.39, 0.29) is 29.1 Å². The van der Waals surface area contributed by atoms with Crippen LogP contribution in [0.5, 0.6) is 17.2 Å². The Bertz CT molecular complexity index is 1530. The third-order valence-corrected chi connectivity index (χ3v) is 10.4. The Morgan fingerprint density at radius 2 is 1.83 bits per heavy atom. The van der Waals surface area contributed by atoms with Gasteiger partial charge >= 0.3 is 0 Å². The highest BCUT2D eigenvalue weighted by molar-refractivity contribution is 5.86. The minimum Gasteiger partial charge on any atom is -0.493 e. The van der Waals surface area contributed by atoms with E-state index in [0.29, 0.717) is 60.9 Å². The van der Waals surface area contributed by atoms with Crippen molar-refractivity contribution in [2.75, 3.05) is 39.7 Å². The summed E-state index contributed by atoms with van der Waals surface area (Å²) in [7, 11) is 4.69. The molecule has 0 unspecified atom stereocenters. The van der Waals surface area contributed by atoms with Gasteiger partial charge in [0.05, 0.1) is 38.7 Å². The average Bonchev–Trinajstić information content (AvgIpc) is 3.29. The Morgan fingerprint density at radius 1 is 1.07 bits per heavy atom. The molecule has 2 amide bonds. The largest absolute Gasteiger partial charge is 0.493 e. The molecule has 0 bridgehead atoms. The van der Waals surface area contributed by atoms with Gasteiger partial charge in [-0.3, -0.25) is 14.4 Å². The van der Waals surface area contributed by atoms with Crippen molar-refractivity contribution in [3.63, 3.8) is 0 Å². The van der Waals surface area contributed by atoms with Crippen LogP contribution in [-0.4, -0.2) is 67.9 Å². The van der Waals surface area contributed by atoms with Crippen molar-refractivity contribution in [3.05, 3.63) is 45.6 Å². The van der Waals surface area contributed by atoms with Gasteiger partial charge in [0.2, 0.25) is 23.0 Å². The number of benzene rings is 1. The van der Waals surface area contributed by atoms with Crippen LogP contribution in [0.3, 0.4) is 0 Å². The summed E-state index contributed by atoms with van der Waals surface area (Å²) in [6.07, 6.45) is 6.29. The molecular weight excluding hydrogens is 586 g/mol. The minimum absolute atomic E-state index is 0.0468. The lowest BCUT2D eigenvalue weighted by Gasteiger charge is -2.48. The number of piperidine rings is 1. The lowest BCUT2D eigenvalue weighted by Crippen LogP contribution is -2.57. The van der Waals surface area contributed by atoms with E-state index in [1.807, 2.05) is 30.9 Å². The zero-order valence-electron chi connectivity index (χ0n) is 28.0. The predicted molar refractivity (Wildman–Crippen MR) is 178 cm³/mol. The molecule has 1 aliphatic heterocycles. The Morgan fingerprint density at radius 3 is 2.50 bits per heavy atom. The van der Waals surface area contributed by atoms with E-state index in [1.165, 1.54) is 6.92 Å². The standard InChI is InChI=1S/C36H49N3O7/c1-7-21(2)32(35(42)39-17-16-36(43)15-9-8-10-24(36)20-39)38-28-14-12-25-26(19-29(28)41)27(37-22(3)40)13-11-23-18-30(44-4)33(45-5)34(46-6)31(23)25/h12,14,18-19,21,24,27,32,43H,7-11,13,15-17,20H2,1-6H3,(H,37,40)(H,38,41)/t21-,24+,27+,32+,36-/m1/s1. The number of anilines is 1. The highest BCUT2D eigenvalue weighted by Gasteiger charge is 2.45. The SMILES string of the molecule is CC[C@@H](C)[C@H](Nc1ccc2c(cc1=O)[C@@H](NC(C)=O)CCc1cc(OC)c(OC)c(OC)c1-2)C(=O)N1CC[C@]2(O)CCCC[C@H]2C1. The number of ether oxygens (including phenoxy) is 3. The van der Waals surface area contributed by atoms with Crippen LogP contribution >= 0.6 is 0 Å². The van der Waals surface area contributed by atoms with Gasteiger partial charge < -0.3 is 34.9 Å². The number of methoxy groups -OCH3 is 3. The lowest BCUT2D eigenvalue weighted by atomic mass is 9.71. The maximum absolute atomic E-state index is 14.1. The van der Waals surface area contributed by atoms with Gasteiger partial charge in [0, 0.05) is 31.5 Å². The summed E-state index contributed by atoms with van der Waals surface area (Å²) in [5.74, 6) is 1.23. The van der Waals surface area contributed by atoms with Gasteiger partial charge in [-0.15, -0.1) is 0 Å². The van der Waals surface area contributed by atoms with Crippen LogP contribution in [0.25, 0.3) is 11.1 Å². The number of hydrogen-bond donors (Lipinski definition) is 3. The smallest absolute Gasteiger partial charge is 0.245 e. The van der Waals surface area contributed by atoms with Crippen LogP contribution in [0.15, 0.2) is 29.1 Å². The van der Waals surface area contributed by atoms with Gasteiger partial charge in [0.25, 0.3) is 0 Å². The molecule has 2 aromatic carbocycles. The van der Waals surface area contributed by atoms with Gasteiger partial charge in [-0.25, -0.2) is 0 Å². The number of nitrogens with zero attached hydrogens (tertiary/aromatic N) is 1. The number of carbonyl (C=O) groups is 2. The summed E-state index contributed by atoms with van der Waals surface area (Å²) >= 11 is 0. The summed E-state index contributed by atoms with van der Waals surface area (Å²) in [6, 6.07) is 6.05. The van der Waals surface area contributed by atoms with Crippen LogP contribution in [0.2, 0.25) is 0 Å². The van der Waals surface area contributed by atoms with E-state index in [4.69, 9.17) is 14.2 Å². The zero-order chi connectivity index (χ0) is 33.2. The normalized spacial score (nSPS) is 23.4. The van der Waals surface area contributed by atoms with Crippen molar-refractivity contribution in [1.82, 2.24) is 10.2 Å². The molecule has 10 heteroatoms. The molecular formula is C36H49N3O7. The van der Waals surface area contributed by atoms with Crippen LogP contribution in [-0.2, 0) is 16.0 Å². The van der Waals surface area contributed by atoms with Crippen molar-refractivity contribution < 1.29 is 28.9 Å². The summed E-state index contributed by atoms with van der Waals surface area (Å²) in [6.45, 7) is 6.56. The molecule has 0 radical (unpaired) electrons. The third kappa shape index (κ3) is 6.41. The van der Waals surface area contributed by atoms with Crippen LogP contribution in [0.1, 0.15) is 82.9 Å². The molecule has 5 rings (SSSR count). The minimum atomic E-state index is -0.685. The Hall–Kier alpha value is -3.79. The number of amides is 2. The monoisotopic (exact) mass is 635 g/mol. The molecule has 2 aliphatic carbocycles. The van der Waals surface area contributed by atoms with Crippen LogP contribution in [0, 0.1) is 11.8 Å². The first-order chi connectivity index (χ1) is 22.0. The van der Waals surface area contributed by atoms with Crippen LogP contribution in [0.4, 0.5) is 5.69 Å². The quantitative estimate of drug-likeness (QED) is 0.357. The van der Waals surface area contributed by atoms with Gasteiger partial charge in [-0.1, -0.05) is 39.2 Å². The molecule has 3 N–H and O–H groups in total. The van der Waals surface area contributed by atoms with Crippen molar-refractivity contribution in [2.45, 2.75) is 89.8 Å². The Balaban J connectivity index is 1.57. The van der Waals surface area contributed by atoms with Gasteiger partial charge in [-0.2, -0.15) is 0 Å². The summed E-state index contributed by atoms with van der Waals surface area (Å²) in [5.41, 5.74) is 2.45. The molecule has 1 saturated heterocycles. The molecule has 10 nitrogen and oxygen atoms in total. The second-order valence-corrected chi connectivity index (χ2v) is 13.2. The predicted octanol–water partition coefficient (Wildman–Crippen LogP) is 4.84. The molecule has 1 saturated carbocycles. The molecule has 0 spiro atoms. The fourth-order valence-electron chi connectivity index (χ4n) is 7.65. The number of hydrogen-bond acceptors (Lipinski definition) is 8. The lowest BCUT2D eigenvalue weighted by molar-refractivity contribution is -0.145. The van der Waals surface area contributed by atoms with E-state index in [2.05, 4.69) is 10.6 Å². The first-order valence-electron chi connectivity index (χ1n) is 16.6. The first kappa shape index (κ1) is 33.6. The van der Waals surface area contributed by atoms with Gasteiger partial charge in [0.15, 0.2) is 11.5 Å². The molecule has 0 aromatic heterocycles. The summed E-state index contributed by atoms with van der Waals surface area (Å²) < 4.78 is 17.2. The van der Waals surface area contributed by atoms with Crippen molar-refractivity contribution in [2.24, 2.45) is 11.8 Å².